The molecular weight excluding hydrogens is 228 g/mol. The summed E-state index contributed by atoms with van der Waals surface area (Å²) in [5, 5.41) is 2.93. The van der Waals surface area contributed by atoms with Crippen LogP contribution in [0.3, 0.4) is 0 Å². The maximum Gasteiger partial charge on any atom is 0.236 e. The molecule has 2 aliphatic rings. The van der Waals surface area contributed by atoms with Gasteiger partial charge in [-0.1, -0.05) is 0 Å². The molecule has 0 aliphatic carbocycles. The second-order valence-electron chi connectivity index (χ2n) is 5.48. The third-order valence-electron chi connectivity index (χ3n) is 4.20. The van der Waals surface area contributed by atoms with Crippen molar-refractivity contribution in [3.63, 3.8) is 0 Å². The normalized spacial score (nSPS) is 24.4. The van der Waals surface area contributed by atoms with E-state index in [2.05, 4.69) is 22.2 Å². The van der Waals surface area contributed by atoms with Gasteiger partial charge in [0.15, 0.2) is 0 Å². The zero-order chi connectivity index (χ0) is 13.0. The van der Waals surface area contributed by atoms with Crippen molar-refractivity contribution >= 4 is 5.91 Å². The Morgan fingerprint density at radius 1 is 1.11 bits per heavy atom. The van der Waals surface area contributed by atoms with Crippen LogP contribution in [0.25, 0.3) is 0 Å². The van der Waals surface area contributed by atoms with E-state index in [0.717, 1.165) is 32.2 Å². The summed E-state index contributed by atoms with van der Waals surface area (Å²) in [4.78, 5) is 18.7. The Morgan fingerprint density at radius 3 is 2.28 bits per heavy atom. The van der Waals surface area contributed by atoms with Crippen LogP contribution < -0.4 is 5.32 Å². The van der Waals surface area contributed by atoms with E-state index in [9.17, 15) is 4.79 Å². The van der Waals surface area contributed by atoms with E-state index >= 15 is 0 Å². The van der Waals surface area contributed by atoms with Crippen molar-refractivity contribution in [2.75, 3.05) is 59.9 Å². The third-order valence-corrected chi connectivity index (χ3v) is 4.20. The lowest BCUT2D eigenvalue weighted by molar-refractivity contribution is -0.132. The smallest absolute Gasteiger partial charge is 0.236 e. The van der Waals surface area contributed by atoms with Crippen LogP contribution in [0.1, 0.15) is 12.8 Å². The number of hydrogen-bond donors (Lipinski definition) is 1. The van der Waals surface area contributed by atoms with Gasteiger partial charge in [-0.15, -0.1) is 0 Å². The van der Waals surface area contributed by atoms with Crippen molar-refractivity contribution in [3.8, 4) is 0 Å². The zero-order valence-corrected chi connectivity index (χ0v) is 11.7. The molecule has 0 bridgehead atoms. The standard InChI is InChI=1S/C13H26N4O/c1-14-11-13(18)17-9-7-16(8-10-17)12-3-5-15(2)6-4-12/h12,14H,3-11H2,1-2H3. The molecule has 1 amide bonds. The zero-order valence-electron chi connectivity index (χ0n) is 11.7. The molecule has 18 heavy (non-hydrogen) atoms. The lowest BCUT2D eigenvalue weighted by Gasteiger charge is -2.42. The molecule has 0 atom stereocenters. The third kappa shape index (κ3) is 3.43. The van der Waals surface area contributed by atoms with Gasteiger partial charge in [0.2, 0.25) is 5.91 Å². The van der Waals surface area contributed by atoms with Crippen molar-refractivity contribution in [1.29, 1.82) is 0 Å². The molecule has 0 saturated carbocycles. The number of piperazine rings is 1. The fraction of sp³-hybridized carbons (Fsp3) is 0.923. The fourth-order valence-corrected chi connectivity index (χ4v) is 2.96. The first-order chi connectivity index (χ1) is 8.70. The Morgan fingerprint density at radius 2 is 1.72 bits per heavy atom. The Bertz CT molecular complexity index is 268. The van der Waals surface area contributed by atoms with E-state index < -0.39 is 0 Å². The number of carbonyl (C=O) groups excluding carboxylic acids is 1. The summed E-state index contributed by atoms with van der Waals surface area (Å²) in [5.41, 5.74) is 0. The predicted octanol–water partition coefficient (Wildman–Crippen LogP) is -0.556. The molecule has 0 aromatic rings. The van der Waals surface area contributed by atoms with Crippen molar-refractivity contribution in [3.05, 3.63) is 0 Å². The molecule has 104 valence electrons. The number of nitrogens with one attached hydrogen (secondary N) is 1. The van der Waals surface area contributed by atoms with Gasteiger partial charge in [0.05, 0.1) is 6.54 Å². The Hall–Kier alpha value is -0.650. The van der Waals surface area contributed by atoms with E-state index in [1.54, 1.807) is 0 Å². The first-order valence-electron chi connectivity index (χ1n) is 7.05. The van der Waals surface area contributed by atoms with Gasteiger partial charge < -0.3 is 15.1 Å². The molecular formula is C13H26N4O. The summed E-state index contributed by atoms with van der Waals surface area (Å²) in [7, 11) is 4.03. The molecule has 0 radical (unpaired) electrons. The predicted molar refractivity (Wildman–Crippen MR) is 72.6 cm³/mol. The summed E-state index contributed by atoms with van der Waals surface area (Å²) >= 11 is 0. The summed E-state index contributed by atoms with van der Waals surface area (Å²) in [5.74, 6) is 0.237. The van der Waals surface area contributed by atoms with Crippen LogP contribution in [0.5, 0.6) is 0 Å². The van der Waals surface area contributed by atoms with E-state index in [1.165, 1.54) is 25.9 Å². The molecule has 2 heterocycles. The molecule has 0 aromatic heterocycles. The number of rotatable bonds is 3. The van der Waals surface area contributed by atoms with E-state index in [1.807, 2.05) is 11.9 Å². The van der Waals surface area contributed by atoms with Crippen LogP contribution in [0.4, 0.5) is 0 Å². The van der Waals surface area contributed by atoms with Gasteiger partial charge in [-0.3, -0.25) is 9.69 Å². The Kier molecular flexibility index (Phi) is 4.97. The monoisotopic (exact) mass is 254 g/mol. The minimum absolute atomic E-state index is 0.237. The van der Waals surface area contributed by atoms with Gasteiger partial charge >= 0.3 is 0 Å². The number of amides is 1. The number of carbonyl (C=O) groups is 1. The van der Waals surface area contributed by atoms with Gasteiger partial charge in [-0.25, -0.2) is 0 Å². The summed E-state index contributed by atoms with van der Waals surface area (Å²) < 4.78 is 0. The first kappa shape index (κ1) is 13.8. The van der Waals surface area contributed by atoms with Crippen LogP contribution >= 0.6 is 0 Å². The highest BCUT2D eigenvalue weighted by molar-refractivity contribution is 5.78. The molecule has 0 spiro atoms. The highest BCUT2D eigenvalue weighted by Crippen LogP contribution is 2.17. The Balaban J connectivity index is 1.74. The van der Waals surface area contributed by atoms with Crippen molar-refractivity contribution in [1.82, 2.24) is 20.0 Å². The topological polar surface area (TPSA) is 38.8 Å². The quantitative estimate of drug-likeness (QED) is 0.733. The number of hydrogen-bond acceptors (Lipinski definition) is 4. The van der Waals surface area contributed by atoms with E-state index in [4.69, 9.17) is 0 Å². The molecule has 5 nitrogen and oxygen atoms in total. The summed E-state index contributed by atoms with van der Waals surface area (Å²) in [6.07, 6.45) is 2.56. The number of likely N-dealkylation sites (tertiary alicyclic amines) is 1. The van der Waals surface area contributed by atoms with Crippen molar-refractivity contribution in [2.24, 2.45) is 0 Å². The SMILES string of the molecule is CNCC(=O)N1CCN(C2CCN(C)CC2)CC1. The van der Waals surface area contributed by atoms with Gasteiger partial charge in [0.1, 0.15) is 0 Å². The second kappa shape index (κ2) is 6.50. The molecule has 1 N–H and O–H groups in total. The van der Waals surface area contributed by atoms with E-state index in [-0.39, 0.29) is 5.91 Å². The fourth-order valence-electron chi connectivity index (χ4n) is 2.96. The van der Waals surface area contributed by atoms with Gasteiger partial charge in [-0.2, -0.15) is 0 Å². The van der Waals surface area contributed by atoms with Crippen LogP contribution in [0, 0.1) is 0 Å². The Labute approximate surface area is 110 Å². The summed E-state index contributed by atoms with van der Waals surface area (Å²) in [6, 6.07) is 0.739. The highest BCUT2D eigenvalue weighted by Gasteiger charge is 2.27. The average Bonchev–Trinajstić information content (AvgIpc) is 2.40. The van der Waals surface area contributed by atoms with Crippen LogP contribution in [0.2, 0.25) is 0 Å². The highest BCUT2D eigenvalue weighted by atomic mass is 16.2. The molecule has 2 rings (SSSR count). The summed E-state index contributed by atoms with van der Waals surface area (Å²) in [6.45, 7) is 6.77. The van der Waals surface area contributed by atoms with Gasteiger partial charge in [0, 0.05) is 32.2 Å². The number of likely N-dealkylation sites (N-methyl/N-ethyl adjacent to an activating group) is 1. The first-order valence-corrected chi connectivity index (χ1v) is 7.05. The molecule has 0 aromatic carbocycles. The van der Waals surface area contributed by atoms with Gasteiger partial charge in [0.25, 0.3) is 0 Å². The van der Waals surface area contributed by atoms with Crippen LogP contribution in [-0.2, 0) is 4.79 Å². The van der Waals surface area contributed by atoms with Crippen molar-refractivity contribution in [2.45, 2.75) is 18.9 Å². The molecule has 0 unspecified atom stereocenters. The minimum atomic E-state index is 0.237. The average molecular weight is 254 g/mol. The van der Waals surface area contributed by atoms with Crippen LogP contribution in [-0.4, -0.2) is 86.6 Å². The minimum Gasteiger partial charge on any atom is -0.339 e. The van der Waals surface area contributed by atoms with E-state index in [0.29, 0.717) is 6.54 Å². The molecule has 5 heteroatoms. The van der Waals surface area contributed by atoms with Gasteiger partial charge in [-0.05, 0) is 40.0 Å². The maximum absolute atomic E-state index is 11.8. The van der Waals surface area contributed by atoms with Crippen molar-refractivity contribution < 1.29 is 4.79 Å². The van der Waals surface area contributed by atoms with Crippen LogP contribution in [0.15, 0.2) is 0 Å². The molecule has 2 aliphatic heterocycles. The largest absolute Gasteiger partial charge is 0.339 e. The lowest BCUT2D eigenvalue weighted by atomic mass is 10.0. The molecule has 2 saturated heterocycles. The second-order valence-corrected chi connectivity index (χ2v) is 5.48. The number of nitrogens with zero attached hydrogens (tertiary/aromatic N) is 3. The number of piperidine rings is 1. The molecule has 2 fully saturated rings. The lowest BCUT2D eigenvalue weighted by Crippen LogP contribution is -2.55. The maximum atomic E-state index is 11.8.